The Bertz CT molecular complexity index is 409. The third kappa shape index (κ3) is 6.10. The zero-order valence-electron chi connectivity index (χ0n) is 13.5. The molecule has 21 heavy (non-hydrogen) atoms. The van der Waals surface area contributed by atoms with E-state index in [0.717, 1.165) is 6.54 Å². The molecule has 2 unspecified atom stereocenters. The van der Waals surface area contributed by atoms with Crippen LogP contribution >= 0.6 is 11.8 Å². The minimum absolute atomic E-state index is 0.128. The maximum absolute atomic E-state index is 11.6. The molecule has 0 aromatic heterocycles. The Morgan fingerprint density at radius 1 is 1.24 bits per heavy atom. The summed E-state index contributed by atoms with van der Waals surface area (Å²) in [5.74, 6) is 0.746. The summed E-state index contributed by atoms with van der Waals surface area (Å²) in [6, 6.07) is 10.7. The number of hydrogen-bond acceptors (Lipinski definition) is 4. The lowest BCUT2D eigenvalue weighted by molar-refractivity contribution is -0.139. The summed E-state index contributed by atoms with van der Waals surface area (Å²) in [6.07, 6.45) is 0. The van der Waals surface area contributed by atoms with E-state index in [1.54, 1.807) is 11.8 Å². The topological polar surface area (TPSA) is 38.3 Å². The van der Waals surface area contributed by atoms with Crippen molar-refractivity contribution in [2.45, 2.75) is 39.0 Å². The fourth-order valence-electron chi connectivity index (χ4n) is 2.34. The van der Waals surface area contributed by atoms with Crippen LogP contribution in [0.25, 0.3) is 0 Å². The zero-order chi connectivity index (χ0) is 15.7. The summed E-state index contributed by atoms with van der Waals surface area (Å²) in [4.78, 5) is 11.6. The molecule has 1 N–H and O–H groups in total. The van der Waals surface area contributed by atoms with Crippen LogP contribution in [0.4, 0.5) is 0 Å². The molecule has 0 saturated carbocycles. The normalized spacial score (nSPS) is 14.0. The fourth-order valence-corrected chi connectivity index (χ4v) is 3.59. The van der Waals surface area contributed by atoms with Gasteiger partial charge in [0.05, 0.1) is 12.4 Å². The summed E-state index contributed by atoms with van der Waals surface area (Å²) < 4.78 is 5.04. The number of carbonyl (C=O) groups is 1. The van der Waals surface area contributed by atoms with E-state index in [9.17, 15) is 4.79 Å². The number of rotatable bonds is 9. The van der Waals surface area contributed by atoms with Gasteiger partial charge in [-0.15, -0.1) is 11.8 Å². The average Bonchev–Trinajstić information content (AvgIpc) is 2.47. The molecular weight excluding hydrogens is 282 g/mol. The van der Waals surface area contributed by atoms with Gasteiger partial charge in [-0.05, 0) is 24.9 Å². The van der Waals surface area contributed by atoms with Gasteiger partial charge in [0.1, 0.15) is 0 Å². The number of hydrogen-bond donors (Lipinski definition) is 1. The summed E-state index contributed by atoms with van der Waals surface area (Å²) in [6.45, 7) is 9.72. The van der Waals surface area contributed by atoms with Crippen molar-refractivity contribution in [1.82, 2.24) is 5.32 Å². The molecule has 0 aliphatic rings. The second kappa shape index (κ2) is 9.85. The van der Waals surface area contributed by atoms with Crippen molar-refractivity contribution in [1.29, 1.82) is 0 Å². The molecular formula is C17H27NO2S. The van der Waals surface area contributed by atoms with Gasteiger partial charge in [0.15, 0.2) is 0 Å². The monoisotopic (exact) mass is 309 g/mol. The van der Waals surface area contributed by atoms with Crippen LogP contribution < -0.4 is 5.32 Å². The summed E-state index contributed by atoms with van der Waals surface area (Å²) >= 11 is 1.68. The molecule has 118 valence electrons. The Labute approximate surface area is 132 Å². The van der Waals surface area contributed by atoms with Crippen LogP contribution in [0.3, 0.4) is 0 Å². The van der Waals surface area contributed by atoms with Gasteiger partial charge in [0.2, 0.25) is 0 Å². The number of carbonyl (C=O) groups excluding carboxylic acids is 1. The smallest absolute Gasteiger partial charge is 0.315 e. The molecule has 0 bridgehead atoms. The van der Waals surface area contributed by atoms with Gasteiger partial charge in [0.25, 0.3) is 0 Å². The van der Waals surface area contributed by atoms with Crippen molar-refractivity contribution in [3.63, 3.8) is 0 Å². The highest BCUT2D eigenvalue weighted by atomic mass is 32.2. The quantitative estimate of drug-likeness (QED) is 0.707. The highest BCUT2D eigenvalue weighted by molar-refractivity contribution is 8.00. The van der Waals surface area contributed by atoms with Crippen LogP contribution in [0, 0.1) is 5.92 Å². The standard InChI is InChI=1S/C17H27NO2S/c1-5-18-16(14-10-8-7-9-11-14)17(13(3)4)21-12-15(19)20-6-2/h7-11,13,16-18H,5-6,12H2,1-4H3. The largest absolute Gasteiger partial charge is 0.465 e. The highest BCUT2D eigenvalue weighted by Crippen LogP contribution is 2.32. The molecule has 0 aliphatic heterocycles. The van der Waals surface area contributed by atoms with Crippen molar-refractivity contribution in [2.75, 3.05) is 18.9 Å². The van der Waals surface area contributed by atoms with Crippen LogP contribution in [0.2, 0.25) is 0 Å². The molecule has 0 radical (unpaired) electrons. The maximum Gasteiger partial charge on any atom is 0.315 e. The van der Waals surface area contributed by atoms with Gasteiger partial charge in [0, 0.05) is 11.3 Å². The molecule has 1 aromatic carbocycles. The van der Waals surface area contributed by atoms with E-state index in [2.05, 4.69) is 50.4 Å². The van der Waals surface area contributed by atoms with E-state index in [0.29, 0.717) is 23.5 Å². The van der Waals surface area contributed by atoms with E-state index < -0.39 is 0 Å². The van der Waals surface area contributed by atoms with E-state index in [1.165, 1.54) is 5.56 Å². The molecule has 4 heteroatoms. The van der Waals surface area contributed by atoms with Gasteiger partial charge >= 0.3 is 5.97 Å². The van der Waals surface area contributed by atoms with Gasteiger partial charge in [-0.1, -0.05) is 51.1 Å². The molecule has 0 aliphatic carbocycles. The van der Waals surface area contributed by atoms with E-state index >= 15 is 0 Å². The first-order valence-electron chi connectivity index (χ1n) is 7.65. The van der Waals surface area contributed by atoms with Gasteiger partial charge in [-0.3, -0.25) is 4.79 Å². The minimum Gasteiger partial charge on any atom is -0.465 e. The summed E-state index contributed by atoms with van der Waals surface area (Å²) in [5, 5.41) is 3.89. The maximum atomic E-state index is 11.6. The minimum atomic E-state index is -0.128. The lowest BCUT2D eigenvalue weighted by Crippen LogP contribution is -2.34. The van der Waals surface area contributed by atoms with Crippen LogP contribution in [0.5, 0.6) is 0 Å². The van der Waals surface area contributed by atoms with Crippen molar-refractivity contribution >= 4 is 17.7 Å². The Morgan fingerprint density at radius 3 is 2.43 bits per heavy atom. The Morgan fingerprint density at radius 2 is 1.90 bits per heavy atom. The third-order valence-corrected chi connectivity index (χ3v) is 4.87. The van der Waals surface area contributed by atoms with Crippen molar-refractivity contribution in [2.24, 2.45) is 5.92 Å². The van der Waals surface area contributed by atoms with Crippen molar-refractivity contribution < 1.29 is 9.53 Å². The lowest BCUT2D eigenvalue weighted by Gasteiger charge is -2.30. The Hall–Kier alpha value is -1.00. The second-order valence-electron chi connectivity index (χ2n) is 5.27. The van der Waals surface area contributed by atoms with E-state index in [4.69, 9.17) is 4.74 Å². The molecule has 2 atom stereocenters. The summed E-state index contributed by atoms with van der Waals surface area (Å²) in [5.41, 5.74) is 1.27. The van der Waals surface area contributed by atoms with Gasteiger partial charge in [-0.2, -0.15) is 0 Å². The van der Waals surface area contributed by atoms with Crippen molar-refractivity contribution in [3.05, 3.63) is 35.9 Å². The molecule has 0 amide bonds. The third-order valence-electron chi connectivity index (χ3n) is 3.27. The number of ether oxygens (including phenoxy) is 1. The number of nitrogens with one attached hydrogen (secondary N) is 1. The Balaban J connectivity index is 2.81. The molecule has 1 aromatic rings. The first-order valence-corrected chi connectivity index (χ1v) is 8.70. The first-order chi connectivity index (χ1) is 10.1. The molecule has 0 spiro atoms. The van der Waals surface area contributed by atoms with Crippen molar-refractivity contribution in [3.8, 4) is 0 Å². The first kappa shape index (κ1) is 18.1. The second-order valence-corrected chi connectivity index (χ2v) is 6.44. The predicted molar refractivity (Wildman–Crippen MR) is 90.6 cm³/mol. The van der Waals surface area contributed by atoms with Crippen LogP contribution in [-0.4, -0.2) is 30.1 Å². The number of thioether (sulfide) groups is 1. The molecule has 0 saturated heterocycles. The fraction of sp³-hybridized carbons (Fsp3) is 0.588. The van der Waals surface area contributed by atoms with Crippen LogP contribution in [0.1, 0.15) is 39.3 Å². The average molecular weight is 309 g/mol. The predicted octanol–water partition coefficient (Wildman–Crippen LogP) is 3.66. The number of benzene rings is 1. The molecule has 0 fully saturated rings. The van der Waals surface area contributed by atoms with E-state index in [1.807, 2.05) is 13.0 Å². The lowest BCUT2D eigenvalue weighted by atomic mass is 9.96. The highest BCUT2D eigenvalue weighted by Gasteiger charge is 2.26. The van der Waals surface area contributed by atoms with Gasteiger partial charge < -0.3 is 10.1 Å². The Kier molecular flexibility index (Phi) is 8.47. The van der Waals surface area contributed by atoms with Gasteiger partial charge in [-0.25, -0.2) is 0 Å². The van der Waals surface area contributed by atoms with Crippen LogP contribution in [0.15, 0.2) is 30.3 Å². The zero-order valence-corrected chi connectivity index (χ0v) is 14.3. The SMILES string of the molecule is CCNC(c1ccccc1)C(SCC(=O)OCC)C(C)C. The number of esters is 1. The molecule has 1 rings (SSSR count). The van der Waals surface area contributed by atoms with Crippen LogP contribution in [-0.2, 0) is 9.53 Å². The summed E-state index contributed by atoms with van der Waals surface area (Å²) in [7, 11) is 0. The van der Waals surface area contributed by atoms with E-state index in [-0.39, 0.29) is 12.0 Å². The molecule has 0 heterocycles. The molecule has 3 nitrogen and oxygen atoms in total.